The molecule has 0 saturated carbocycles. The Bertz CT molecular complexity index is 617. The van der Waals surface area contributed by atoms with Gasteiger partial charge in [-0.3, -0.25) is 4.79 Å². The Hall–Kier alpha value is -1.12. The van der Waals surface area contributed by atoms with E-state index in [0.29, 0.717) is 16.7 Å². The van der Waals surface area contributed by atoms with Crippen LogP contribution in [0.25, 0.3) is 0 Å². The SMILES string of the molecule is NS(=O)(=O)CC1CC(=O)N(c2ccc(O)c(Br)c2)C1. The molecule has 1 fully saturated rings. The lowest BCUT2D eigenvalue weighted by atomic mass is 10.1. The van der Waals surface area contributed by atoms with Crippen molar-refractivity contribution in [1.82, 2.24) is 0 Å². The van der Waals surface area contributed by atoms with Gasteiger partial charge in [-0.2, -0.15) is 0 Å². The van der Waals surface area contributed by atoms with E-state index in [9.17, 15) is 18.3 Å². The number of anilines is 1. The molecule has 0 bridgehead atoms. The molecule has 0 aromatic heterocycles. The average Bonchev–Trinajstić information content (AvgIpc) is 2.61. The summed E-state index contributed by atoms with van der Waals surface area (Å²) in [5.41, 5.74) is 0.617. The standard InChI is InChI=1S/C11H13BrN2O4S/c12-9-4-8(1-2-10(9)15)14-5-7(3-11(14)16)6-19(13,17)18/h1-2,4,7,15H,3,5-6H2,(H2,13,17,18). The Morgan fingerprint density at radius 1 is 1.47 bits per heavy atom. The zero-order chi connectivity index (χ0) is 14.2. The third-order valence-corrected chi connectivity index (χ3v) is 4.49. The van der Waals surface area contributed by atoms with Gasteiger partial charge in [0.1, 0.15) is 5.75 Å². The first kappa shape index (κ1) is 14.3. The Labute approximate surface area is 119 Å². The summed E-state index contributed by atoms with van der Waals surface area (Å²) in [4.78, 5) is 13.4. The first-order valence-corrected chi connectivity index (χ1v) is 8.06. The van der Waals surface area contributed by atoms with Crippen LogP contribution >= 0.6 is 15.9 Å². The highest BCUT2D eigenvalue weighted by Gasteiger charge is 2.32. The molecule has 1 unspecified atom stereocenters. The van der Waals surface area contributed by atoms with E-state index in [1.165, 1.54) is 11.0 Å². The zero-order valence-electron chi connectivity index (χ0n) is 9.91. The number of halogens is 1. The van der Waals surface area contributed by atoms with Crippen molar-refractivity contribution in [2.45, 2.75) is 6.42 Å². The predicted molar refractivity (Wildman–Crippen MR) is 74.2 cm³/mol. The molecule has 1 saturated heterocycles. The predicted octanol–water partition coefficient (Wildman–Crippen LogP) is 0.796. The molecule has 3 N–H and O–H groups in total. The summed E-state index contributed by atoms with van der Waals surface area (Å²) >= 11 is 3.17. The van der Waals surface area contributed by atoms with Crippen LogP contribution in [0.3, 0.4) is 0 Å². The van der Waals surface area contributed by atoms with Crippen LogP contribution in [-0.4, -0.2) is 31.7 Å². The molecule has 1 amide bonds. The number of nitrogens with zero attached hydrogens (tertiary/aromatic N) is 1. The van der Waals surface area contributed by atoms with Crippen molar-refractivity contribution >= 4 is 37.5 Å². The fraction of sp³-hybridized carbons (Fsp3) is 0.364. The van der Waals surface area contributed by atoms with E-state index in [4.69, 9.17) is 5.14 Å². The van der Waals surface area contributed by atoms with E-state index in [-0.39, 0.29) is 29.7 Å². The van der Waals surface area contributed by atoms with Crippen molar-refractivity contribution in [3.8, 4) is 5.75 Å². The summed E-state index contributed by atoms with van der Waals surface area (Å²) in [7, 11) is -3.58. The molecule has 1 aliphatic heterocycles. The van der Waals surface area contributed by atoms with Crippen LogP contribution in [0.4, 0.5) is 5.69 Å². The number of carbonyl (C=O) groups excluding carboxylic acids is 1. The van der Waals surface area contributed by atoms with Crippen molar-refractivity contribution < 1.29 is 18.3 Å². The molecule has 0 spiro atoms. The van der Waals surface area contributed by atoms with Crippen LogP contribution in [0.1, 0.15) is 6.42 Å². The smallest absolute Gasteiger partial charge is 0.227 e. The second-order valence-corrected chi connectivity index (χ2v) is 7.05. The van der Waals surface area contributed by atoms with Crippen LogP contribution in [0, 0.1) is 5.92 Å². The lowest BCUT2D eigenvalue weighted by molar-refractivity contribution is -0.117. The summed E-state index contributed by atoms with van der Waals surface area (Å²) in [5.74, 6) is -0.563. The van der Waals surface area contributed by atoms with Crippen LogP contribution < -0.4 is 10.0 Å². The molecule has 1 aliphatic rings. The Kier molecular flexibility index (Phi) is 3.84. The normalized spacial score (nSPS) is 20.0. The van der Waals surface area contributed by atoms with Crippen molar-refractivity contribution in [1.29, 1.82) is 0 Å². The van der Waals surface area contributed by atoms with Gasteiger partial charge in [-0.25, -0.2) is 13.6 Å². The fourth-order valence-corrected chi connectivity index (χ4v) is 3.38. The average molecular weight is 349 g/mol. The van der Waals surface area contributed by atoms with Gasteiger partial charge < -0.3 is 10.0 Å². The lowest BCUT2D eigenvalue weighted by Crippen LogP contribution is -2.27. The zero-order valence-corrected chi connectivity index (χ0v) is 12.3. The molecule has 1 aromatic carbocycles. The first-order valence-electron chi connectivity index (χ1n) is 5.55. The van der Waals surface area contributed by atoms with Gasteiger partial charge in [0.2, 0.25) is 15.9 Å². The van der Waals surface area contributed by atoms with Gasteiger partial charge in [0.05, 0.1) is 10.2 Å². The lowest BCUT2D eigenvalue weighted by Gasteiger charge is -2.17. The van der Waals surface area contributed by atoms with Crippen LogP contribution in [-0.2, 0) is 14.8 Å². The topological polar surface area (TPSA) is 101 Å². The van der Waals surface area contributed by atoms with Gasteiger partial charge >= 0.3 is 0 Å². The van der Waals surface area contributed by atoms with Gasteiger partial charge in [0.25, 0.3) is 0 Å². The fourth-order valence-electron chi connectivity index (χ4n) is 2.13. The van der Waals surface area contributed by atoms with Crippen molar-refractivity contribution in [3.05, 3.63) is 22.7 Å². The molecule has 1 atom stereocenters. The van der Waals surface area contributed by atoms with E-state index in [1.807, 2.05) is 0 Å². The quantitative estimate of drug-likeness (QED) is 0.843. The number of phenolic OH excluding ortho intramolecular Hbond substituents is 1. The maximum atomic E-state index is 11.9. The number of hydrogen-bond acceptors (Lipinski definition) is 4. The molecule has 104 valence electrons. The minimum atomic E-state index is -3.58. The Morgan fingerprint density at radius 3 is 2.74 bits per heavy atom. The maximum Gasteiger partial charge on any atom is 0.227 e. The van der Waals surface area contributed by atoms with Crippen LogP contribution in [0.15, 0.2) is 22.7 Å². The monoisotopic (exact) mass is 348 g/mol. The molecular formula is C11H13BrN2O4S. The number of primary sulfonamides is 1. The third-order valence-electron chi connectivity index (χ3n) is 2.92. The molecule has 0 aliphatic carbocycles. The molecule has 8 heteroatoms. The van der Waals surface area contributed by atoms with Gasteiger partial charge in [-0.1, -0.05) is 0 Å². The molecule has 6 nitrogen and oxygen atoms in total. The minimum Gasteiger partial charge on any atom is -0.507 e. The first-order chi connectivity index (χ1) is 8.76. The number of amides is 1. The number of rotatable bonds is 3. The second kappa shape index (κ2) is 5.10. The number of benzene rings is 1. The van der Waals surface area contributed by atoms with Gasteiger partial charge in [-0.05, 0) is 34.1 Å². The van der Waals surface area contributed by atoms with E-state index in [2.05, 4.69) is 15.9 Å². The molecule has 19 heavy (non-hydrogen) atoms. The highest BCUT2D eigenvalue weighted by atomic mass is 79.9. The van der Waals surface area contributed by atoms with Crippen molar-refractivity contribution in [3.63, 3.8) is 0 Å². The van der Waals surface area contributed by atoms with Crippen LogP contribution in [0.2, 0.25) is 0 Å². The van der Waals surface area contributed by atoms with E-state index >= 15 is 0 Å². The Balaban J connectivity index is 2.18. The van der Waals surface area contributed by atoms with Crippen LogP contribution in [0.5, 0.6) is 5.75 Å². The number of phenols is 1. The summed E-state index contributed by atoms with van der Waals surface area (Å²) in [6.45, 7) is 0.312. The number of aromatic hydroxyl groups is 1. The number of hydrogen-bond donors (Lipinski definition) is 2. The van der Waals surface area contributed by atoms with E-state index in [0.717, 1.165) is 0 Å². The molecule has 1 heterocycles. The number of nitrogens with two attached hydrogens (primary N) is 1. The summed E-state index contributed by atoms with van der Waals surface area (Å²) < 4.78 is 22.6. The number of sulfonamides is 1. The summed E-state index contributed by atoms with van der Waals surface area (Å²) in [6, 6.07) is 4.70. The van der Waals surface area contributed by atoms with E-state index in [1.54, 1.807) is 12.1 Å². The summed E-state index contributed by atoms with van der Waals surface area (Å²) in [6.07, 6.45) is 0.162. The highest BCUT2D eigenvalue weighted by molar-refractivity contribution is 9.10. The van der Waals surface area contributed by atoms with Crippen molar-refractivity contribution in [2.24, 2.45) is 11.1 Å². The van der Waals surface area contributed by atoms with Gasteiger partial charge in [-0.15, -0.1) is 0 Å². The molecule has 1 aromatic rings. The molecular weight excluding hydrogens is 336 g/mol. The molecule has 0 radical (unpaired) electrons. The Morgan fingerprint density at radius 2 is 2.16 bits per heavy atom. The minimum absolute atomic E-state index is 0.0801. The molecule has 2 rings (SSSR count). The van der Waals surface area contributed by atoms with Gasteiger partial charge in [0, 0.05) is 24.6 Å². The van der Waals surface area contributed by atoms with Crippen molar-refractivity contribution in [2.75, 3.05) is 17.2 Å². The van der Waals surface area contributed by atoms with Gasteiger partial charge in [0.15, 0.2) is 0 Å². The highest BCUT2D eigenvalue weighted by Crippen LogP contribution is 2.32. The number of carbonyl (C=O) groups is 1. The van der Waals surface area contributed by atoms with E-state index < -0.39 is 10.0 Å². The largest absolute Gasteiger partial charge is 0.507 e. The maximum absolute atomic E-state index is 11.9. The third kappa shape index (κ3) is 3.46. The second-order valence-electron chi connectivity index (χ2n) is 4.54. The summed E-state index contributed by atoms with van der Waals surface area (Å²) in [5, 5.41) is 14.4.